The van der Waals surface area contributed by atoms with Gasteiger partial charge in [0.15, 0.2) is 0 Å². The average Bonchev–Trinajstić information content (AvgIpc) is 3.14. The highest BCUT2D eigenvalue weighted by atomic mass is 19.1. The van der Waals surface area contributed by atoms with Crippen LogP contribution in [0.3, 0.4) is 0 Å². The van der Waals surface area contributed by atoms with Gasteiger partial charge in [0, 0.05) is 11.8 Å². The van der Waals surface area contributed by atoms with E-state index >= 15 is 0 Å². The fraction of sp³-hybridized carbons (Fsp3) is 0.391. The van der Waals surface area contributed by atoms with Crippen LogP contribution < -0.4 is 5.84 Å². The van der Waals surface area contributed by atoms with Crippen molar-refractivity contribution in [1.29, 1.82) is 0 Å². The molecule has 5 nitrogen and oxygen atoms in total. The summed E-state index contributed by atoms with van der Waals surface area (Å²) < 4.78 is 13.4. The number of allylic oxidation sites excluding steroid dienone is 1. The zero-order chi connectivity index (χ0) is 20.4. The van der Waals surface area contributed by atoms with Crippen LogP contribution in [-0.2, 0) is 0 Å². The lowest BCUT2D eigenvalue weighted by atomic mass is 9.75. The highest BCUT2D eigenvalue weighted by Crippen LogP contribution is 2.47. The largest absolute Gasteiger partial charge is 0.464 e. The predicted molar refractivity (Wildman–Crippen MR) is 110 cm³/mol. The molecule has 1 aromatic heterocycles. The summed E-state index contributed by atoms with van der Waals surface area (Å²) in [5.41, 5.74) is 2.60. The number of pyridine rings is 1. The summed E-state index contributed by atoms with van der Waals surface area (Å²) in [4.78, 5) is 15.6. The minimum absolute atomic E-state index is 0.0616. The van der Waals surface area contributed by atoms with Crippen molar-refractivity contribution in [3.8, 4) is 11.1 Å². The summed E-state index contributed by atoms with van der Waals surface area (Å²) in [5.74, 6) is 7.08. The van der Waals surface area contributed by atoms with E-state index in [0.717, 1.165) is 53.9 Å². The molecular formula is C23H26FN3O2. The minimum atomic E-state index is -1.05. The number of hydrogen-bond donors (Lipinski definition) is 2. The molecule has 2 aliphatic rings. The number of hydrazine groups is 1. The molecule has 29 heavy (non-hydrogen) atoms. The van der Waals surface area contributed by atoms with Crippen molar-refractivity contribution in [1.82, 2.24) is 9.99 Å². The molecule has 0 aliphatic heterocycles. The van der Waals surface area contributed by atoms with E-state index in [1.54, 1.807) is 12.3 Å². The van der Waals surface area contributed by atoms with Crippen molar-refractivity contribution >= 4 is 12.2 Å². The molecule has 6 heteroatoms. The van der Waals surface area contributed by atoms with Crippen LogP contribution in [0.25, 0.3) is 17.2 Å². The number of hydrogen-bond acceptors (Lipinski definition) is 3. The predicted octanol–water partition coefficient (Wildman–Crippen LogP) is 4.95. The van der Waals surface area contributed by atoms with Gasteiger partial charge < -0.3 is 5.11 Å². The number of benzene rings is 1. The Morgan fingerprint density at radius 2 is 2.03 bits per heavy atom. The maximum absolute atomic E-state index is 13.4. The monoisotopic (exact) mass is 395 g/mol. The Morgan fingerprint density at radius 1 is 1.17 bits per heavy atom. The Labute approximate surface area is 170 Å². The Morgan fingerprint density at radius 3 is 2.76 bits per heavy atom. The Kier molecular flexibility index (Phi) is 5.62. The molecule has 1 aromatic carbocycles. The topological polar surface area (TPSA) is 79.5 Å². The first kappa shape index (κ1) is 19.6. The molecule has 2 aliphatic carbocycles. The van der Waals surface area contributed by atoms with Gasteiger partial charge in [0.2, 0.25) is 0 Å². The Hall–Kier alpha value is -2.73. The van der Waals surface area contributed by atoms with E-state index in [4.69, 9.17) is 10.9 Å². The van der Waals surface area contributed by atoms with Gasteiger partial charge in [-0.3, -0.25) is 4.98 Å². The molecule has 2 fully saturated rings. The van der Waals surface area contributed by atoms with Crippen molar-refractivity contribution < 1.29 is 14.3 Å². The first-order valence-electron chi connectivity index (χ1n) is 10.2. The molecule has 4 atom stereocenters. The summed E-state index contributed by atoms with van der Waals surface area (Å²) in [6.07, 6.45) is 10.0. The summed E-state index contributed by atoms with van der Waals surface area (Å²) >= 11 is 0. The van der Waals surface area contributed by atoms with Crippen LogP contribution in [0.15, 0.2) is 48.7 Å². The minimum Gasteiger partial charge on any atom is -0.464 e. The number of nitrogens with two attached hydrogens (primary N) is 1. The smallest absolute Gasteiger partial charge is 0.421 e. The third kappa shape index (κ3) is 4.32. The lowest BCUT2D eigenvalue weighted by Crippen LogP contribution is -2.48. The molecule has 2 aromatic rings. The van der Waals surface area contributed by atoms with Crippen molar-refractivity contribution in [2.24, 2.45) is 23.6 Å². The van der Waals surface area contributed by atoms with Crippen LogP contribution in [0, 0.1) is 23.6 Å². The second-order valence-electron chi connectivity index (χ2n) is 8.16. The van der Waals surface area contributed by atoms with E-state index in [1.807, 2.05) is 18.2 Å². The van der Waals surface area contributed by atoms with Gasteiger partial charge in [-0.15, -0.1) is 0 Å². The molecule has 1 heterocycles. The van der Waals surface area contributed by atoms with Gasteiger partial charge in [0.05, 0.1) is 11.7 Å². The highest BCUT2D eigenvalue weighted by molar-refractivity contribution is 5.64. The SMILES string of the molecule is NN(C(=O)O)C1CC[C@H]2C(C=Cc3ccc(-c4cccc(F)c4)cn3)CC[C@@H]2C1. The van der Waals surface area contributed by atoms with Gasteiger partial charge in [0.25, 0.3) is 0 Å². The number of nitrogens with zero attached hydrogens (tertiary/aromatic N) is 2. The lowest BCUT2D eigenvalue weighted by Gasteiger charge is -2.36. The average molecular weight is 395 g/mol. The maximum atomic E-state index is 13.4. The van der Waals surface area contributed by atoms with Crippen molar-refractivity contribution in [3.63, 3.8) is 0 Å². The lowest BCUT2D eigenvalue weighted by molar-refractivity contribution is 0.0868. The summed E-state index contributed by atoms with van der Waals surface area (Å²) in [6.45, 7) is 0. The fourth-order valence-electron chi connectivity index (χ4n) is 4.99. The number of amides is 1. The quantitative estimate of drug-likeness (QED) is 0.436. The molecular weight excluding hydrogens is 369 g/mol. The van der Waals surface area contributed by atoms with E-state index in [-0.39, 0.29) is 11.9 Å². The number of rotatable bonds is 4. The summed E-state index contributed by atoms with van der Waals surface area (Å²) in [7, 11) is 0. The van der Waals surface area contributed by atoms with Crippen molar-refractivity contribution in [2.45, 2.75) is 38.1 Å². The number of carboxylic acid groups (broad SMARTS) is 1. The van der Waals surface area contributed by atoms with Gasteiger partial charge in [-0.25, -0.2) is 20.0 Å². The highest BCUT2D eigenvalue weighted by Gasteiger charge is 2.40. The summed E-state index contributed by atoms with van der Waals surface area (Å²) in [5, 5.41) is 10.1. The first-order valence-corrected chi connectivity index (χ1v) is 10.2. The molecule has 2 unspecified atom stereocenters. The third-order valence-corrected chi connectivity index (χ3v) is 6.51. The number of fused-ring (bicyclic) bond motifs is 1. The van der Waals surface area contributed by atoms with Gasteiger partial charge >= 0.3 is 6.09 Å². The van der Waals surface area contributed by atoms with Crippen LogP contribution in [0.4, 0.5) is 9.18 Å². The zero-order valence-corrected chi connectivity index (χ0v) is 16.2. The van der Waals surface area contributed by atoms with Crippen LogP contribution in [0.1, 0.15) is 37.8 Å². The zero-order valence-electron chi connectivity index (χ0n) is 16.2. The molecule has 0 saturated heterocycles. The summed E-state index contributed by atoms with van der Waals surface area (Å²) in [6, 6.07) is 10.4. The van der Waals surface area contributed by atoms with Crippen LogP contribution in [0.5, 0.6) is 0 Å². The molecule has 152 valence electrons. The fourth-order valence-corrected chi connectivity index (χ4v) is 4.99. The molecule has 4 rings (SSSR count). The molecule has 2 saturated carbocycles. The van der Waals surface area contributed by atoms with Crippen molar-refractivity contribution in [2.75, 3.05) is 0 Å². The van der Waals surface area contributed by atoms with Crippen molar-refractivity contribution in [3.05, 3.63) is 60.2 Å². The molecule has 0 bridgehead atoms. The number of carbonyl (C=O) groups is 1. The van der Waals surface area contributed by atoms with E-state index in [0.29, 0.717) is 17.8 Å². The van der Waals surface area contributed by atoms with Gasteiger partial charge in [-0.2, -0.15) is 0 Å². The van der Waals surface area contributed by atoms with Gasteiger partial charge in [-0.05, 0) is 79.7 Å². The van der Waals surface area contributed by atoms with Crippen LogP contribution >= 0.6 is 0 Å². The van der Waals surface area contributed by atoms with E-state index < -0.39 is 6.09 Å². The van der Waals surface area contributed by atoms with E-state index in [9.17, 15) is 9.18 Å². The normalized spacial score (nSPS) is 26.4. The number of halogens is 1. The maximum Gasteiger partial charge on any atom is 0.421 e. The Bertz CT molecular complexity index is 899. The molecule has 0 radical (unpaired) electrons. The Balaban J connectivity index is 1.38. The standard InChI is InChI=1S/C23H26FN3O2/c24-19-3-1-2-16(12-19)18-7-9-20(26-14-18)8-6-15-4-5-17-13-21(10-11-22(15)17)27(25)23(28)29/h1-3,6-9,12,14-15,17,21-22H,4-5,10-11,13,25H2,(H,28,29)/t15?,17-,21?,22+/m1/s1. The van der Waals surface area contributed by atoms with Gasteiger partial charge in [-0.1, -0.05) is 24.3 Å². The second-order valence-corrected chi connectivity index (χ2v) is 8.16. The molecule has 1 amide bonds. The van der Waals surface area contributed by atoms with E-state index in [2.05, 4.69) is 17.1 Å². The van der Waals surface area contributed by atoms with Crippen LogP contribution in [0.2, 0.25) is 0 Å². The number of aromatic nitrogens is 1. The molecule has 3 N–H and O–H groups in total. The third-order valence-electron chi connectivity index (χ3n) is 6.51. The van der Waals surface area contributed by atoms with Gasteiger partial charge in [0.1, 0.15) is 5.82 Å². The second kappa shape index (κ2) is 8.33. The molecule has 0 spiro atoms. The van der Waals surface area contributed by atoms with Crippen LogP contribution in [-0.4, -0.2) is 27.2 Å². The van der Waals surface area contributed by atoms with E-state index in [1.165, 1.54) is 12.1 Å². The first-order chi connectivity index (χ1) is 14.0.